The smallest absolute Gasteiger partial charge is 0.161 e. The molecule has 6 heteroatoms. The van der Waals surface area contributed by atoms with Crippen molar-refractivity contribution in [1.29, 1.82) is 0 Å². The zero-order valence-electron chi connectivity index (χ0n) is 11.1. The fourth-order valence-electron chi connectivity index (χ4n) is 2.34. The monoisotopic (exact) mass is 412 g/mol. The quantitative estimate of drug-likeness (QED) is 0.596. The Balaban J connectivity index is 2.01. The van der Waals surface area contributed by atoms with Crippen molar-refractivity contribution in [3.8, 4) is 11.5 Å². The maximum Gasteiger partial charge on any atom is 0.161 e. The Hall–Kier alpha value is -1.08. The summed E-state index contributed by atoms with van der Waals surface area (Å²) in [5, 5.41) is 0. The summed E-state index contributed by atoms with van der Waals surface area (Å²) in [7, 11) is 0. The van der Waals surface area contributed by atoms with E-state index >= 15 is 0 Å². The first kappa shape index (κ1) is 14.8. The van der Waals surface area contributed by atoms with E-state index in [4.69, 9.17) is 15.3 Å². The lowest BCUT2D eigenvalue weighted by Crippen LogP contribution is -2.29. The van der Waals surface area contributed by atoms with Crippen LogP contribution in [0.2, 0.25) is 0 Å². The van der Waals surface area contributed by atoms with Crippen LogP contribution >= 0.6 is 31.9 Å². The fraction of sp³-hybridized carbons (Fsp3) is 0.200. The molecule has 0 bridgehead atoms. The molecule has 1 aliphatic heterocycles. The molecule has 1 atom stereocenters. The van der Waals surface area contributed by atoms with Crippen LogP contribution in [-0.4, -0.2) is 13.2 Å². The number of hydrogen-bond acceptors (Lipinski definition) is 4. The summed E-state index contributed by atoms with van der Waals surface area (Å²) in [5.74, 6) is 7.30. The van der Waals surface area contributed by atoms with E-state index in [9.17, 15) is 0 Å². The summed E-state index contributed by atoms with van der Waals surface area (Å²) >= 11 is 7.06. The number of halogens is 2. The average Bonchev–Trinajstić information content (AvgIpc) is 2.51. The number of rotatable bonds is 3. The van der Waals surface area contributed by atoms with Gasteiger partial charge in [-0.15, -0.1) is 0 Å². The maximum absolute atomic E-state index is 5.77. The Morgan fingerprint density at radius 3 is 2.52 bits per heavy atom. The molecule has 2 aromatic carbocycles. The Morgan fingerprint density at radius 1 is 1.00 bits per heavy atom. The zero-order chi connectivity index (χ0) is 14.8. The summed E-state index contributed by atoms with van der Waals surface area (Å²) in [4.78, 5) is 0. The normalized spacial score (nSPS) is 14.8. The molecule has 21 heavy (non-hydrogen) atoms. The van der Waals surface area contributed by atoms with Crippen LogP contribution in [0.15, 0.2) is 45.3 Å². The van der Waals surface area contributed by atoms with Gasteiger partial charge >= 0.3 is 0 Å². The summed E-state index contributed by atoms with van der Waals surface area (Å²) in [6.07, 6.45) is 0. The van der Waals surface area contributed by atoms with Gasteiger partial charge in [-0.1, -0.05) is 37.9 Å². The first-order valence-corrected chi connectivity index (χ1v) is 8.08. The fourth-order valence-corrected chi connectivity index (χ4v) is 3.20. The van der Waals surface area contributed by atoms with E-state index < -0.39 is 0 Å². The van der Waals surface area contributed by atoms with E-state index in [2.05, 4.69) is 37.3 Å². The Kier molecular flexibility index (Phi) is 4.49. The van der Waals surface area contributed by atoms with Crippen molar-refractivity contribution in [1.82, 2.24) is 5.43 Å². The maximum atomic E-state index is 5.77. The zero-order valence-corrected chi connectivity index (χ0v) is 14.3. The molecule has 3 N–H and O–H groups in total. The van der Waals surface area contributed by atoms with Gasteiger partial charge in [0.1, 0.15) is 13.2 Å². The van der Waals surface area contributed by atoms with Crippen LogP contribution in [0.4, 0.5) is 0 Å². The van der Waals surface area contributed by atoms with Gasteiger partial charge in [0, 0.05) is 8.95 Å². The molecule has 0 radical (unpaired) electrons. The highest BCUT2D eigenvalue weighted by atomic mass is 79.9. The van der Waals surface area contributed by atoms with Gasteiger partial charge < -0.3 is 9.47 Å². The first-order valence-electron chi connectivity index (χ1n) is 6.49. The van der Waals surface area contributed by atoms with E-state index in [1.807, 2.05) is 36.4 Å². The SMILES string of the molecule is NNC(c1ccc2c(c1)OCCO2)c1cc(Br)ccc1Br. The van der Waals surface area contributed by atoms with Crippen LogP contribution < -0.4 is 20.7 Å². The molecule has 0 amide bonds. The molecule has 0 saturated heterocycles. The molecule has 1 unspecified atom stereocenters. The summed E-state index contributed by atoms with van der Waals surface area (Å²) in [6, 6.07) is 11.7. The second-order valence-corrected chi connectivity index (χ2v) is 6.44. The van der Waals surface area contributed by atoms with Crippen LogP contribution in [-0.2, 0) is 0 Å². The number of fused-ring (bicyclic) bond motifs is 1. The standard InChI is InChI=1S/C15H14Br2N2O2/c16-10-2-3-12(17)11(8-10)15(19-18)9-1-4-13-14(7-9)21-6-5-20-13/h1-4,7-8,15,19H,5-6,18H2. The number of hydrazine groups is 1. The highest BCUT2D eigenvalue weighted by molar-refractivity contribution is 9.11. The van der Waals surface area contributed by atoms with Gasteiger partial charge in [-0.2, -0.15) is 0 Å². The van der Waals surface area contributed by atoms with Crippen molar-refractivity contribution in [2.24, 2.45) is 5.84 Å². The molecule has 3 rings (SSSR count). The lowest BCUT2D eigenvalue weighted by atomic mass is 9.99. The second-order valence-electron chi connectivity index (χ2n) is 4.67. The number of ether oxygens (including phenoxy) is 2. The average molecular weight is 414 g/mol. The largest absolute Gasteiger partial charge is 0.486 e. The molecular formula is C15H14Br2N2O2. The first-order chi connectivity index (χ1) is 10.2. The van der Waals surface area contributed by atoms with Crippen molar-refractivity contribution in [2.75, 3.05) is 13.2 Å². The van der Waals surface area contributed by atoms with Gasteiger partial charge in [0.05, 0.1) is 6.04 Å². The molecule has 0 saturated carbocycles. The van der Waals surface area contributed by atoms with Gasteiger partial charge in [0.2, 0.25) is 0 Å². The molecular weight excluding hydrogens is 400 g/mol. The van der Waals surface area contributed by atoms with Gasteiger partial charge in [0.25, 0.3) is 0 Å². The third-order valence-electron chi connectivity index (χ3n) is 3.34. The highest BCUT2D eigenvalue weighted by Gasteiger charge is 2.19. The lowest BCUT2D eigenvalue weighted by Gasteiger charge is -2.23. The third-order valence-corrected chi connectivity index (χ3v) is 4.55. The van der Waals surface area contributed by atoms with Crippen LogP contribution in [0.3, 0.4) is 0 Å². The molecule has 0 spiro atoms. The number of nitrogens with two attached hydrogens (primary N) is 1. The molecule has 1 heterocycles. The molecule has 1 aliphatic rings. The number of hydrogen-bond donors (Lipinski definition) is 2. The van der Waals surface area contributed by atoms with Crippen molar-refractivity contribution >= 4 is 31.9 Å². The van der Waals surface area contributed by atoms with E-state index in [0.717, 1.165) is 31.6 Å². The number of benzene rings is 2. The summed E-state index contributed by atoms with van der Waals surface area (Å²) in [5.41, 5.74) is 4.92. The third kappa shape index (κ3) is 3.08. The van der Waals surface area contributed by atoms with E-state index in [1.165, 1.54) is 0 Å². The van der Waals surface area contributed by atoms with Crippen LogP contribution in [0, 0.1) is 0 Å². The molecule has 0 aliphatic carbocycles. The summed E-state index contributed by atoms with van der Waals surface area (Å²) < 4.78 is 13.2. The van der Waals surface area contributed by atoms with Gasteiger partial charge in [-0.3, -0.25) is 5.84 Å². The topological polar surface area (TPSA) is 56.5 Å². The Bertz CT molecular complexity index is 664. The van der Waals surface area contributed by atoms with E-state index in [-0.39, 0.29) is 6.04 Å². The van der Waals surface area contributed by atoms with E-state index in [0.29, 0.717) is 13.2 Å². The van der Waals surface area contributed by atoms with Crippen LogP contribution in [0.5, 0.6) is 11.5 Å². The van der Waals surface area contributed by atoms with Crippen molar-refractivity contribution < 1.29 is 9.47 Å². The van der Waals surface area contributed by atoms with Crippen LogP contribution in [0.25, 0.3) is 0 Å². The number of nitrogens with one attached hydrogen (secondary N) is 1. The lowest BCUT2D eigenvalue weighted by molar-refractivity contribution is 0.171. The van der Waals surface area contributed by atoms with Gasteiger partial charge in [0.15, 0.2) is 11.5 Å². The molecule has 0 aromatic heterocycles. The Morgan fingerprint density at radius 2 is 1.76 bits per heavy atom. The highest BCUT2D eigenvalue weighted by Crippen LogP contribution is 2.36. The molecule has 4 nitrogen and oxygen atoms in total. The van der Waals surface area contributed by atoms with Crippen molar-refractivity contribution in [3.63, 3.8) is 0 Å². The second kappa shape index (κ2) is 6.36. The van der Waals surface area contributed by atoms with Crippen LogP contribution in [0.1, 0.15) is 17.2 Å². The minimum absolute atomic E-state index is 0.146. The molecule has 110 valence electrons. The predicted molar refractivity (Wildman–Crippen MR) is 88.4 cm³/mol. The van der Waals surface area contributed by atoms with Crippen molar-refractivity contribution in [2.45, 2.75) is 6.04 Å². The minimum Gasteiger partial charge on any atom is -0.486 e. The summed E-state index contributed by atoms with van der Waals surface area (Å²) in [6.45, 7) is 1.15. The Labute approximate surface area is 139 Å². The van der Waals surface area contributed by atoms with Crippen molar-refractivity contribution in [3.05, 3.63) is 56.5 Å². The molecule has 2 aromatic rings. The van der Waals surface area contributed by atoms with E-state index in [1.54, 1.807) is 0 Å². The minimum atomic E-state index is -0.146. The van der Waals surface area contributed by atoms with Gasteiger partial charge in [-0.25, -0.2) is 5.43 Å². The molecule has 0 fully saturated rings. The predicted octanol–water partition coefficient (Wildman–Crippen LogP) is 3.54. The van der Waals surface area contributed by atoms with Gasteiger partial charge in [-0.05, 0) is 41.5 Å².